The van der Waals surface area contributed by atoms with E-state index in [1.165, 1.54) is 6.26 Å². The number of anilines is 3. The fraction of sp³-hybridized carbons (Fsp3) is 0.111. The van der Waals surface area contributed by atoms with Crippen LogP contribution in [0.2, 0.25) is 0 Å². The first-order valence-electron chi connectivity index (χ1n) is 7.69. The van der Waals surface area contributed by atoms with E-state index in [2.05, 4.69) is 15.6 Å². The Labute approximate surface area is 157 Å². The number of nitrogen functional groups attached to an aromatic ring is 1. The van der Waals surface area contributed by atoms with Crippen molar-refractivity contribution in [3.8, 4) is 5.75 Å². The Morgan fingerprint density at radius 3 is 2.77 bits per heavy atom. The third kappa shape index (κ3) is 4.67. The third-order valence-corrected chi connectivity index (χ3v) is 3.59. The molecule has 0 fully saturated rings. The number of benzene rings is 1. The lowest BCUT2D eigenvalue weighted by atomic mass is 10.2. The van der Waals surface area contributed by atoms with Crippen LogP contribution in [0.3, 0.4) is 0 Å². The molecule has 2 heterocycles. The van der Waals surface area contributed by atoms with Crippen LogP contribution in [0.1, 0.15) is 16.1 Å². The summed E-state index contributed by atoms with van der Waals surface area (Å²) in [6.07, 6.45) is 1.44. The number of amides is 1. The zero-order chi connectivity index (χ0) is 17.6. The zero-order valence-electron chi connectivity index (χ0n) is 14.1. The number of H-pyrrole nitrogens is 1. The van der Waals surface area contributed by atoms with Crippen LogP contribution < -0.4 is 38.5 Å². The summed E-state index contributed by atoms with van der Waals surface area (Å²) in [6, 6.07) is 14.5. The lowest BCUT2D eigenvalue weighted by molar-refractivity contribution is -0.342. The fourth-order valence-corrected chi connectivity index (χ4v) is 2.29. The number of ether oxygens (including phenoxy) is 1. The highest BCUT2D eigenvalue weighted by Crippen LogP contribution is 2.17. The Morgan fingerprint density at radius 1 is 1.23 bits per heavy atom. The number of nitrogens with two attached hydrogens (primary N) is 1. The molecule has 0 aliphatic carbocycles. The monoisotopic (exact) mass is 374 g/mol. The maximum atomic E-state index is 12.0. The number of nitrogens with one attached hydrogen (secondary N) is 3. The number of halogens is 1. The first-order valence-corrected chi connectivity index (χ1v) is 7.69. The van der Waals surface area contributed by atoms with Gasteiger partial charge in [0.25, 0.3) is 5.91 Å². The van der Waals surface area contributed by atoms with Gasteiger partial charge in [-0.25, -0.2) is 4.98 Å². The number of aromatic nitrogens is 1. The minimum Gasteiger partial charge on any atom is -1.00 e. The van der Waals surface area contributed by atoms with Crippen LogP contribution in [0.15, 0.2) is 59.2 Å². The van der Waals surface area contributed by atoms with Crippen molar-refractivity contribution >= 4 is 23.2 Å². The van der Waals surface area contributed by atoms with E-state index in [0.29, 0.717) is 18.1 Å². The molecule has 2 aromatic heterocycles. The van der Waals surface area contributed by atoms with E-state index < -0.39 is 0 Å². The highest BCUT2D eigenvalue weighted by Gasteiger charge is 2.13. The maximum Gasteiger partial charge on any atom is 0.291 e. The summed E-state index contributed by atoms with van der Waals surface area (Å²) in [7, 11) is 1.64. The maximum absolute atomic E-state index is 12.0. The molecule has 136 valence electrons. The summed E-state index contributed by atoms with van der Waals surface area (Å²) in [5.41, 5.74) is 7.53. The fourth-order valence-electron chi connectivity index (χ4n) is 2.29. The summed E-state index contributed by atoms with van der Waals surface area (Å²) in [5, 5.41) is 5.93. The number of hydrogen-bond acceptors (Lipinski definition) is 5. The van der Waals surface area contributed by atoms with E-state index in [0.717, 1.165) is 17.1 Å². The van der Waals surface area contributed by atoms with Crippen molar-refractivity contribution in [2.45, 2.75) is 6.54 Å². The number of furan rings is 1. The molecule has 0 spiro atoms. The average Bonchev–Trinajstić information content (AvgIpc) is 3.17. The second kappa shape index (κ2) is 8.77. The molecular formula is C18H19ClN4O3. The van der Waals surface area contributed by atoms with Gasteiger partial charge in [0, 0.05) is 6.07 Å². The molecule has 0 unspecified atom stereocenters. The average molecular weight is 375 g/mol. The molecule has 0 atom stereocenters. The van der Waals surface area contributed by atoms with Gasteiger partial charge in [-0.05, 0) is 35.9 Å². The normalized spacial score (nSPS) is 9.88. The molecule has 8 heteroatoms. The van der Waals surface area contributed by atoms with Gasteiger partial charge in [0.2, 0.25) is 11.6 Å². The molecule has 1 amide bonds. The van der Waals surface area contributed by atoms with E-state index in [1.807, 2.05) is 24.3 Å². The van der Waals surface area contributed by atoms with Crippen molar-refractivity contribution in [1.29, 1.82) is 0 Å². The standard InChI is InChI=1S/C18H18N4O3.ClH/c1-24-13-5-2-4-12(10-13)11-20-16-8-7-14(17(19)22-16)21-18(23)15-6-3-9-25-15;/h2-10H,11H2,1H3,(H,21,23)(H3,19,20,22);1H. The van der Waals surface area contributed by atoms with Crippen LogP contribution in [-0.2, 0) is 6.54 Å². The Kier molecular flexibility index (Phi) is 6.46. The molecule has 0 radical (unpaired) electrons. The van der Waals surface area contributed by atoms with E-state index in [-0.39, 0.29) is 24.1 Å². The zero-order valence-corrected chi connectivity index (χ0v) is 14.8. The minimum atomic E-state index is -0.359. The molecule has 0 saturated heterocycles. The van der Waals surface area contributed by atoms with Crippen molar-refractivity contribution in [2.24, 2.45) is 0 Å². The molecule has 0 bridgehead atoms. The second-order valence-corrected chi connectivity index (χ2v) is 5.34. The highest BCUT2D eigenvalue weighted by molar-refractivity contribution is 6.03. The van der Waals surface area contributed by atoms with Crippen LogP contribution in [0.4, 0.5) is 17.3 Å². The highest BCUT2D eigenvalue weighted by atomic mass is 35.5. The predicted octanol–water partition coefficient (Wildman–Crippen LogP) is -0.447. The Bertz CT molecular complexity index is 869. The molecule has 26 heavy (non-hydrogen) atoms. The molecule has 1 aromatic carbocycles. The number of carbonyl (C=O) groups excluding carboxylic acids is 1. The number of carbonyl (C=O) groups is 1. The molecule has 3 rings (SSSR count). The molecule has 7 nitrogen and oxygen atoms in total. The molecule has 0 saturated carbocycles. The molecule has 5 N–H and O–H groups in total. The van der Waals surface area contributed by atoms with Crippen LogP contribution in [0, 0.1) is 0 Å². The van der Waals surface area contributed by atoms with Crippen LogP contribution >= 0.6 is 0 Å². The van der Waals surface area contributed by atoms with Gasteiger partial charge in [-0.15, -0.1) is 0 Å². The third-order valence-electron chi connectivity index (χ3n) is 3.59. The largest absolute Gasteiger partial charge is 1.00 e. The topological polar surface area (TPSA) is 104 Å². The lowest BCUT2D eigenvalue weighted by Gasteiger charge is -2.07. The second-order valence-electron chi connectivity index (χ2n) is 5.34. The smallest absolute Gasteiger partial charge is 0.291 e. The Balaban J connectivity index is 0.00000243. The summed E-state index contributed by atoms with van der Waals surface area (Å²) < 4.78 is 10.3. The van der Waals surface area contributed by atoms with Gasteiger partial charge >= 0.3 is 0 Å². The van der Waals surface area contributed by atoms with Crippen molar-refractivity contribution in [1.82, 2.24) is 0 Å². The first-order chi connectivity index (χ1) is 12.2. The van der Waals surface area contributed by atoms with Gasteiger partial charge in [0.15, 0.2) is 5.76 Å². The number of methoxy groups -OCH3 is 1. The number of aromatic amines is 1. The van der Waals surface area contributed by atoms with Crippen LogP contribution in [0.25, 0.3) is 0 Å². The van der Waals surface area contributed by atoms with Crippen molar-refractivity contribution in [2.75, 3.05) is 23.5 Å². The summed E-state index contributed by atoms with van der Waals surface area (Å²) in [6.45, 7) is 0.602. The van der Waals surface area contributed by atoms with Crippen LogP contribution in [0.5, 0.6) is 5.75 Å². The van der Waals surface area contributed by atoms with E-state index >= 15 is 0 Å². The summed E-state index contributed by atoms with van der Waals surface area (Å²) in [5.74, 6) is 1.74. The van der Waals surface area contributed by atoms with Crippen molar-refractivity contribution < 1.29 is 31.3 Å². The summed E-state index contributed by atoms with van der Waals surface area (Å²) >= 11 is 0. The predicted molar refractivity (Wildman–Crippen MR) is 94.4 cm³/mol. The lowest BCUT2D eigenvalue weighted by Crippen LogP contribution is -3.00. The van der Waals surface area contributed by atoms with Crippen molar-refractivity contribution in [3.05, 3.63) is 66.1 Å². The number of pyridine rings is 1. The van der Waals surface area contributed by atoms with Crippen molar-refractivity contribution in [3.63, 3.8) is 0 Å². The van der Waals surface area contributed by atoms with E-state index in [9.17, 15) is 4.79 Å². The molecule has 0 aliphatic rings. The van der Waals surface area contributed by atoms with Gasteiger partial charge < -0.3 is 37.9 Å². The van der Waals surface area contributed by atoms with E-state index in [1.54, 1.807) is 31.4 Å². The molecular weight excluding hydrogens is 356 g/mol. The van der Waals surface area contributed by atoms with Crippen LogP contribution in [-0.4, -0.2) is 13.0 Å². The first kappa shape index (κ1) is 19.1. The van der Waals surface area contributed by atoms with Gasteiger partial charge in [-0.1, -0.05) is 12.1 Å². The Morgan fingerprint density at radius 2 is 2.08 bits per heavy atom. The van der Waals surface area contributed by atoms with Gasteiger partial charge in [-0.3, -0.25) is 4.79 Å². The quantitative estimate of drug-likeness (QED) is 0.542. The van der Waals surface area contributed by atoms with Gasteiger partial charge in [-0.2, -0.15) is 0 Å². The summed E-state index contributed by atoms with van der Waals surface area (Å²) in [4.78, 5) is 15.0. The van der Waals surface area contributed by atoms with Gasteiger partial charge in [0.05, 0.1) is 19.9 Å². The Hall–Kier alpha value is -3.19. The number of rotatable bonds is 6. The van der Waals surface area contributed by atoms with E-state index in [4.69, 9.17) is 14.9 Å². The van der Waals surface area contributed by atoms with Gasteiger partial charge in [0.1, 0.15) is 11.4 Å². The molecule has 3 aromatic rings. The number of hydrogen-bond donors (Lipinski definition) is 3. The SMILES string of the molecule is COc1cccc(CNc2ccc(NC(=O)c3ccco3)c(N)[nH+]2)c1.[Cl-]. The minimum absolute atomic E-state index is 0. The molecule has 0 aliphatic heterocycles.